The molecule has 208 valence electrons. The standard InChI is InChI=1S/C30H26F3N7O/c1-39-26-17-24(35-25(18-34)29(26)37-38-39)21-6-8-27(22(16-21)30(31,32)33)41-15-12-19-10-13-40(14-11-19)28-9-7-20-4-2-3-5-23(20)36-28/h2-9,16-17,19H,10-15H2,1H3. The first-order chi connectivity index (χ1) is 19.8. The number of benzene rings is 2. The molecule has 3 aromatic heterocycles. The van der Waals surface area contributed by atoms with E-state index in [-0.39, 0.29) is 29.3 Å². The van der Waals surface area contributed by atoms with Crippen molar-refractivity contribution in [3.8, 4) is 23.1 Å². The SMILES string of the molecule is Cn1nnc2c(C#N)nc(-c3ccc(OCCC4CCN(c5ccc6ccccc6n5)CC4)c(C(F)(F)F)c3)cc21. The second kappa shape index (κ2) is 10.7. The van der Waals surface area contributed by atoms with Gasteiger partial charge in [0, 0.05) is 31.1 Å². The van der Waals surface area contributed by atoms with Crippen LogP contribution in [0.25, 0.3) is 33.2 Å². The fraction of sp³-hybridized carbons (Fsp3) is 0.300. The van der Waals surface area contributed by atoms with E-state index >= 15 is 0 Å². The molecule has 0 atom stereocenters. The summed E-state index contributed by atoms with van der Waals surface area (Å²) in [6, 6.07) is 19.5. The normalized spacial score (nSPS) is 14.5. The smallest absolute Gasteiger partial charge is 0.419 e. The van der Waals surface area contributed by atoms with Gasteiger partial charge in [-0.1, -0.05) is 23.4 Å². The van der Waals surface area contributed by atoms with Crippen LogP contribution in [0.4, 0.5) is 19.0 Å². The second-order valence-corrected chi connectivity index (χ2v) is 10.2. The third-order valence-corrected chi connectivity index (χ3v) is 7.59. The number of pyridine rings is 2. The number of alkyl halides is 3. The Balaban J connectivity index is 1.12. The molecule has 41 heavy (non-hydrogen) atoms. The quantitative estimate of drug-likeness (QED) is 0.247. The minimum Gasteiger partial charge on any atom is -0.493 e. The van der Waals surface area contributed by atoms with Crippen LogP contribution < -0.4 is 9.64 Å². The zero-order chi connectivity index (χ0) is 28.6. The average molecular weight is 558 g/mol. The van der Waals surface area contributed by atoms with Crippen LogP contribution >= 0.6 is 0 Å². The number of piperidine rings is 1. The summed E-state index contributed by atoms with van der Waals surface area (Å²) in [6.07, 6.45) is -2.13. The van der Waals surface area contributed by atoms with Crippen molar-refractivity contribution in [1.29, 1.82) is 5.26 Å². The van der Waals surface area contributed by atoms with E-state index in [0.29, 0.717) is 23.4 Å². The van der Waals surface area contributed by atoms with Crippen LogP contribution in [0.2, 0.25) is 0 Å². The Labute approximate surface area is 234 Å². The maximum Gasteiger partial charge on any atom is 0.419 e. The van der Waals surface area contributed by atoms with Gasteiger partial charge in [0.25, 0.3) is 0 Å². The van der Waals surface area contributed by atoms with Crippen molar-refractivity contribution in [3.63, 3.8) is 0 Å². The van der Waals surface area contributed by atoms with Gasteiger partial charge in [0.2, 0.25) is 0 Å². The molecular weight excluding hydrogens is 531 g/mol. The van der Waals surface area contributed by atoms with Crippen molar-refractivity contribution in [1.82, 2.24) is 25.0 Å². The minimum absolute atomic E-state index is 0.00179. The van der Waals surface area contributed by atoms with Crippen LogP contribution in [0.5, 0.6) is 5.75 Å². The Bertz CT molecular complexity index is 1770. The van der Waals surface area contributed by atoms with Crippen molar-refractivity contribution >= 4 is 27.8 Å². The molecule has 6 rings (SSSR count). The lowest BCUT2D eigenvalue weighted by atomic mass is 9.94. The Hall–Kier alpha value is -4.72. The third-order valence-electron chi connectivity index (χ3n) is 7.59. The molecule has 1 aliphatic heterocycles. The molecule has 1 saturated heterocycles. The summed E-state index contributed by atoms with van der Waals surface area (Å²) in [6.45, 7) is 1.87. The number of hydrogen-bond donors (Lipinski definition) is 0. The van der Waals surface area contributed by atoms with Crippen LogP contribution in [-0.4, -0.2) is 44.7 Å². The highest BCUT2D eigenvalue weighted by molar-refractivity contribution is 5.83. The van der Waals surface area contributed by atoms with Gasteiger partial charge in [-0.05, 0) is 67.6 Å². The highest BCUT2D eigenvalue weighted by Gasteiger charge is 2.35. The molecule has 1 aliphatic rings. The van der Waals surface area contributed by atoms with E-state index in [4.69, 9.17) is 9.72 Å². The van der Waals surface area contributed by atoms with Gasteiger partial charge in [-0.25, -0.2) is 14.6 Å². The third kappa shape index (κ3) is 5.37. The molecule has 11 heteroatoms. The van der Waals surface area contributed by atoms with Crippen molar-refractivity contribution in [3.05, 3.63) is 71.9 Å². The van der Waals surface area contributed by atoms with Gasteiger partial charge >= 0.3 is 6.18 Å². The topological polar surface area (TPSA) is 92.8 Å². The maximum absolute atomic E-state index is 14.1. The van der Waals surface area contributed by atoms with Gasteiger partial charge in [-0.2, -0.15) is 18.4 Å². The van der Waals surface area contributed by atoms with Gasteiger partial charge < -0.3 is 9.64 Å². The number of fused-ring (bicyclic) bond motifs is 2. The van der Waals surface area contributed by atoms with Crippen molar-refractivity contribution in [2.75, 3.05) is 24.6 Å². The van der Waals surface area contributed by atoms with Crippen LogP contribution in [0.1, 0.15) is 30.5 Å². The lowest BCUT2D eigenvalue weighted by Gasteiger charge is -2.33. The first-order valence-electron chi connectivity index (χ1n) is 13.4. The molecule has 0 radical (unpaired) electrons. The van der Waals surface area contributed by atoms with Gasteiger partial charge in [0.05, 0.1) is 28.9 Å². The summed E-state index contributed by atoms with van der Waals surface area (Å²) in [7, 11) is 1.64. The Kier molecular flexibility index (Phi) is 6.91. The largest absolute Gasteiger partial charge is 0.493 e. The van der Waals surface area contributed by atoms with E-state index in [0.717, 1.165) is 48.7 Å². The van der Waals surface area contributed by atoms with E-state index in [1.54, 1.807) is 13.1 Å². The Morgan fingerprint density at radius 1 is 1.02 bits per heavy atom. The number of anilines is 1. The molecule has 0 aliphatic carbocycles. The molecule has 8 nitrogen and oxygen atoms in total. The summed E-state index contributed by atoms with van der Waals surface area (Å²) < 4.78 is 49.3. The molecule has 0 saturated carbocycles. The predicted molar refractivity (Wildman–Crippen MR) is 148 cm³/mol. The molecule has 0 bridgehead atoms. The summed E-state index contributed by atoms with van der Waals surface area (Å²) >= 11 is 0. The van der Waals surface area contributed by atoms with Crippen LogP contribution in [0.3, 0.4) is 0 Å². The second-order valence-electron chi connectivity index (χ2n) is 10.2. The number of ether oxygens (including phenoxy) is 1. The van der Waals surface area contributed by atoms with Crippen molar-refractivity contribution in [2.24, 2.45) is 13.0 Å². The number of aryl methyl sites for hydroxylation is 1. The fourth-order valence-electron chi connectivity index (χ4n) is 5.31. The van der Waals surface area contributed by atoms with Crippen LogP contribution in [0, 0.1) is 17.2 Å². The number of rotatable bonds is 6. The lowest BCUT2D eigenvalue weighted by molar-refractivity contribution is -0.138. The summed E-state index contributed by atoms with van der Waals surface area (Å²) in [5.74, 6) is 1.08. The first kappa shape index (κ1) is 26.5. The summed E-state index contributed by atoms with van der Waals surface area (Å²) in [4.78, 5) is 11.3. The number of aromatic nitrogens is 5. The molecular formula is C30H26F3N7O. The molecule has 0 N–H and O–H groups in total. The van der Waals surface area contributed by atoms with E-state index in [1.807, 2.05) is 36.4 Å². The number of halogens is 3. The lowest BCUT2D eigenvalue weighted by Crippen LogP contribution is -2.34. The predicted octanol–water partition coefficient (Wildman–Crippen LogP) is 6.15. The van der Waals surface area contributed by atoms with Gasteiger partial charge in [0.15, 0.2) is 5.69 Å². The van der Waals surface area contributed by atoms with Crippen molar-refractivity contribution < 1.29 is 17.9 Å². The van der Waals surface area contributed by atoms with Gasteiger partial charge in [0.1, 0.15) is 23.2 Å². The molecule has 5 aromatic rings. The zero-order valence-corrected chi connectivity index (χ0v) is 22.3. The highest BCUT2D eigenvalue weighted by Crippen LogP contribution is 2.39. The molecule has 1 fully saturated rings. The van der Waals surface area contributed by atoms with Crippen LogP contribution in [-0.2, 0) is 13.2 Å². The fourth-order valence-corrected chi connectivity index (χ4v) is 5.31. The molecule has 0 spiro atoms. The molecule has 0 amide bonds. The zero-order valence-electron chi connectivity index (χ0n) is 22.3. The molecule has 2 aromatic carbocycles. The highest BCUT2D eigenvalue weighted by atomic mass is 19.4. The number of nitriles is 1. The summed E-state index contributed by atoms with van der Waals surface area (Å²) in [5.41, 5.74) is 1.33. The number of hydrogen-bond acceptors (Lipinski definition) is 7. The number of nitrogens with zero attached hydrogens (tertiary/aromatic N) is 7. The summed E-state index contributed by atoms with van der Waals surface area (Å²) in [5, 5.41) is 18.4. The number of para-hydroxylation sites is 1. The van der Waals surface area contributed by atoms with Crippen LogP contribution in [0.15, 0.2) is 60.7 Å². The molecule has 0 unspecified atom stereocenters. The first-order valence-corrected chi connectivity index (χ1v) is 13.4. The maximum atomic E-state index is 14.1. The van der Waals surface area contributed by atoms with Gasteiger partial charge in [-0.3, -0.25) is 0 Å². The monoisotopic (exact) mass is 557 g/mol. The van der Waals surface area contributed by atoms with E-state index in [9.17, 15) is 18.4 Å². The Morgan fingerprint density at radius 2 is 1.83 bits per heavy atom. The van der Waals surface area contributed by atoms with Crippen molar-refractivity contribution in [2.45, 2.75) is 25.4 Å². The molecule has 4 heterocycles. The average Bonchev–Trinajstić information content (AvgIpc) is 3.36. The van der Waals surface area contributed by atoms with E-state index < -0.39 is 11.7 Å². The van der Waals surface area contributed by atoms with Gasteiger partial charge in [-0.15, -0.1) is 5.10 Å². The van der Waals surface area contributed by atoms with E-state index in [2.05, 4.69) is 26.3 Å². The minimum atomic E-state index is -4.63. The Morgan fingerprint density at radius 3 is 2.61 bits per heavy atom. The van der Waals surface area contributed by atoms with E-state index in [1.165, 1.54) is 16.8 Å².